The number of amides is 1. The van der Waals surface area contributed by atoms with Crippen molar-refractivity contribution in [2.75, 3.05) is 5.32 Å². The molecule has 0 spiro atoms. The van der Waals surface area contributed by atoms with E-state index < -0.39 is 0 Å². The molecular weight excluding hydrogens is 417 g/mol. The van der Waals surface area contributed by atoms with Crippen molar-refractivity contribution >= 4 is 34.2 Å². The summed E-state index contributed by atoms with van der Waals surface area (Å²) in [4.78, 5) is 23.6. The molecule has 5 nitrogen and oxygen atoms in total. The van der Waals surface area contributed by atoms with Gasteiger partial charge in [0.1, 0.15) is 0 Å². The van der Waals surface area contributed by atoms with E-state index in [4.69, 9.17) is 0 Å². The van der Waals surface area contributed by atoms with Gasteiger partial charge < -0.3 is 5.32 Å². The standard InChI is InChI=1S/C18H14IN3O2/c1-22-17(23)11-10-16(21-22)12-4-8-15(9-5-12)20-18(24)13-2-6-14(19)7-3-13/h2-11H,1H3,(H,20,24). The molecule has 6 heteroatoms. The van der Waals surface area contributed by atoms with Gasteiger partial charge in [-0.2, -0.15) is 5.10 Å². The van der Waals surface area contributed by atoms with Gasteiger partial charge in [0.25, 0.3) is 11.5 Å². The van der Waals surface area contributed by atoms with E-state index in [1.165, 1.54) is 10.7 Å². The number of carbonyl (C=O) groups is 1. The van der Waals surface area contributed by atoms with E-state index in [0.717, 1.165) is 9.13 Å². The predicted octanol–water partition coefficient (Wildman–Crippen LogP) is 3.30. The van der Waals surface area contributed by atoms with E-state index in [-0.39, 0.29) is 11.5 Å². The molecule has 0 aliphatic heterocycles. The first-order chi connectivity index (χ1) is 11.5. The molecule has 0 unspecified atom stereocenters. The molecule has 0 aliphatic rings. The molecule has 3 aromatic rings. The maximum atomic E-state index is 12.2. The molecule has 1 aromatic heterocycles. The second-order valence-corrected chi connectivity index (χ2v) is 6.46. The Kier molecular flexibility index (Phi) is 4.75. The first kappa shape index (κ1) is 16.4. The molecule has 0 atom stereocenters. The summed E-state index contributed by atoms with van der Waals surface area (Å²) < 4.78 is 2.38. The lowest BCUT2D eigenvalue weighted by Crippen LogP contribution is -2.18. The van der Waals surface area contributed by atoms with Crippen molar-refractivity contribution in [2.45, 2.75) is 0 Å². The van der Waals surface area contributed by atoms with Crippen LogP contribution in [0.1, 0.15) is 10.4 Å². The van der Waals surface area contributed by atoms with Gasteiger partial charge in [-0.3, -0.25) is 9.59 Å². The molecule has 1 heterocycles. The molecule has 0 fully saturated rings. The highest BCUT2D eigenvalue weighted by Gasteiger charge is 2.07. The average Bonchev–Trinajstić information content (AvgIpc) is 2.58. The van der Waals surface area contributed by atoms with E-state index in [1.807, 2.05) is 36.4 Å². The third-order valence-corrected chi connectivity index (χ3v) is 4.22. The lowest BCUT2D eigenvalue weighted by molar-refractivity contribution is 0.102. The van der Waals surface area contributed by atoms with Crippen molar-refractivity contribution < 1.29 is 4.79 Å². The topological polar surface area (TPSA) is 64.0 Å². The fourth-order valence-corrected chi connectivity index (χ4v) is 2.54. The molecular formula is C18H14IN3O2. The molecule has 24 heavy (non-hydrogen) atoms. The molecule has 1 N–H and O–H groups in total. The minimum absolute atomic E-state index is 0.153. The summed E-state index contributed by atoms with van der Waals surface area (Å²) in [6.07, 6.45) is 0. The molecule has 3 rings (SSSR count). The number of hydrogen-bond acceptors (Lipinski definition) is 3. The number of nitrogens with zero attached hydrogens (tertiary/aromatic N) is 2. The highest BCUT2D eigenvalue weighted by atomic mass is 127. The summed E-state index contributed by atoms with van der Waals surface area (Å²) in [5.74, 6) is -0.153. The number of benzene rings is 2. The van der Waals surface area contributed by atoms with Crippen molar-refractivity contribution in [3.05, 3.63) is 80.2 Å². The Balaban J connectivity index is 1.76. The SMILES string of the molecule is Cn1nc(-c2ccc(NC(=O)c3ccc(I)cc3)cc2)ccc1=O. The number of aromatic nitrogens is 2. The van der Waals surface area contributed by atoms with E-state index in [0.29, 0.717) is 16.9 Å². The molecule has 1 amide bonds. The van der Waals surface area contributed by atoms with Gasteiger partial charge in [0.2, 0.25) is 0 Å². The summed E-state index contributed by atoms with van der Waals surface area (Å²) in [6, 6.07) is 17.9. The minimum atomic E-state index is -0.153. The van der Waals surface area contributed by atoms with Gasteiger partial charge in [-0.25, -0.2) is 4.68 Å². The second-order valence-electron chi connectivity index (χ2n) is 5.22. The van der Waals surface area contributed by atoms with Gasteiger partial charge in [0.15, 0.2) is 0 Å². The summed E-state index contributed by atoms with van der Waals surface area (Å²) in [5.41, 5.74) is 2.73. The average molecular weight is 431 g/mol. The zero-order valence-corrected chi connectivity index (χ0v) is 15.0. The van der Waals surface area contributed by atoms with Gasteiger partial charge in [-0.05, 0) is 65.1 Å². The number of halogens is 1. The number of nitrogens with one attached hydrogen (secondary N) is 1. The Morgan fingerprint density at radius 1 is 1.00 bits per heavy atom. The van der Waals surface area contributed by atoms with Crippen LogP contribution in [0, 0.1) is 3.57 Å². The van der Waals surface area contributed by atoms with Crippen molar-refractivity contribution in [3.63, 3.8) is 0 Å². The highest BCUT2D eigenvalue weighted by molar-refractivity contribution is 14.1. The first-order valence-corrected chi connectivity index (χ1v) is 8.32. The molecule has 0 radical (unpaired) electrons. The van der Waals surface area contributed by atoms with Crippen molar-refractivity contribution in [2.24, 2.45) is 7.05 Å². The van der Waals surface area contributed by atoms with E-state index in [9.17, 15) is 9.59 Å². The van der Waals surface area contributed by atoms with Crippen LogP contribution in [-0.2, 0) is 7.05 Å². The van der Waals surface area contributed by atoms with E-state index in [1.54, 1.807) is 25.2 Å². The molecule has 0 saturated heterocycles. The quantitative estimate of drug-likeness (QED) is 0.648. The number of rotatable bonds is 3. The van der Waals surface area contributed by atoms with Crippen LogP contribution >= 0.6 is 22.6 Å². The largest absolute Gasteiger partial charge is 0.322 e. The monoisotopic (exact) mass is 431 g/mol. The van der Waals surface area contributed by atoms with Crippen LogP contribution in [0.3, 0.4) is 0 Å². The second kappa shape index (κ2) is 6.96. The van der Waals surface area contributed by atoms with Crippen LogP contribution < -0.4 is 10.9 Å². The zero-order chi connectivity index (χ0) is 17.1. The number of anilines is 1. The summed E-state index contributed by atoms with van der Waals surface area (Å²) in [6.45, 7) is 0. The Bertz CT molecular complexity index is 932. The van der Waals surface area contributed by atoms with Crippen molar-refractivity contribution in [1.82, 2.24) is 9.78 Å². The van der Waals surface area contributed by atoms with E-state index >= 15 is 0 Å². The van der Waals surface area contributed by atoms with Gasteiger partial charge in [-0.15, -0.1) is 0 Å². The minimum Gasteiger partial charge on any atom is -0.322 e. The lowest BCUT2D eigenvalue weighted by Gasteiger charge is -2.07. The molecule has 0 saturated carbocycles. The summed E-state index contributed by atoms with van der Waals surface area (Å²) >= 11 is 2.20. The number of carbonyl (C=O) groups excluding carboxylic acids is 1. The fourth-order valence-electron chi connectivity index (χ4n) is 2.19. The van der Waals surface area contributed by atoms with Crippen LogP contribution in [-0.4, -0.2) is 15.7 Å². The highest BCUT2D eigenvalue weighted by Crippen LogP contribution is 2.19. The van der Waals surface area contributed by atoms with Gasteiger partial charge >= 0.3 is 0 Å². The zero-order valence-electron chi connectivity index (χ0n) is 12.9. The molecule has 2 aromatic carbocycles. The Labute approximate surface area is 152 Å². The maximum Gasteiger partial charge on any atom is 0.266 e. The Morgan fingerprint density at radius 2 is 1.67 bits per heavy atom. The predicted molar refractivity (Wildman–Crippen MR) is 102 cm³/mol. The van der Waals surface area contributed by atoms with Crippen LogP contribution in [0.4, 0.5) is 5.69 Å². The number of hydrogen-bond donors (Lipinski definition) is 1. The first-order valence-electron chi connectivity index (χ1n) is 7.25. The normalized spacial score (nSPS) is 10.4. The lowest BCUT2D eigenvalue weighted by atomic mass is 10.1. The Morgan fingerprint density at radius 3 is 2.29 bits per heavy atom. The van der Waals surface area contributed by atoms with Gasteiger partial charge in [0, 0.05) is 33.5 Å². The Hall–Kier alpha value is -2.48. The van der Waals surface area contributed by atoms with Crippen molar-refractivity contribution in [3.8, 4) is 11.3 Å². The van der Waals surface area contributed by atoms with Crippen LogP contribution in [0.2, 0.25) is 0 Å². The van der Waals surface area contributed by atoms with Gasteiger partial charge in [-0.1, -0.05) is 12.1 Å². The fraction of sp³-hybridized carbons (Fsp3) is 0.0556. The summed E-state index contributed by atoms with van der Waals surface area (Å²) in [7, 11) is 1.61. The molecule has 0 aliphatic carbocycles. The van der Waals surface area contributed by atoms with Crippen LogP contribution in [0.25, 0.3) is 11.3 Å². The van der Waals surface area contributed by atoms with Crippen molar-refractivity contribution in [1.29, 1.82) is 0 Å². The molecule has 120 valence electrons. The maximum absolute atomic E-state index is 12.2. The summed E-state index contributed by atoms with van der Waals surface area (Å²) in [5, 5.41) is 7.07. The third kappa shape index (κ3) is 3.70. The van der Waals surface area contributed by atoms with Crippen LogP contribution in [0.15, 0.2) is 65.5 Å². The number of aryl methyl sites for hydroxylation is 1. The third-order valence-electron chi connectivity index (χ3n) is 3.51. The smallest absolute Gasteiger partial charge is 0.266 e. The molecule has 0 bridgehead atoms. The van der Waals surface area contributed by atoms with Crippen LogP contribution in [0.5, 0.6) is 0 Å². The van der Waals surface area contributed by atoms with E-state index in [2.05, 4.69) is 33.0 Å². The van der Waals surface area contributed by atoms with Gasteiger partial charge in [0.05, 0.1) is 5.69 Å².